The van der Waals surface area contributed by atoms with E-state index in [9.17, 15) is 29.3 Å². The van der Waals surface area contributed by atoms with Crippen LogP contribution in [0.4, 0.5) is 22.7 Å². The first kappa shape index (κ1) is 28.4. The molecule has 0 radical (unpaired) electrons. The third kappa shape index (κ3) is 5.10. The van der Waals surface area contributed by atoms with Crippen LogP contribution in [0, 0.1) is 16.0 Å². The van der Waals surface area contributed by atoms with E-state index in [1.807, 2.05) is 49.3 Å². The van der Waals surface area contributed by atoms with Gasteiger partial charge in [-0.3, -0.25) is 33.9 Å². The van der Waals surface area contributed by atoms with Gasteiger partial charge in [0.15, 0.2) is 0 Å². The number of para-hydroxylation sites is 1. The highest BCUT2D eigenvalue weighted by molar-refractivity contribution is 8.00. The van der Waals surface area contributed by atoms with Crippen molar-refractivity contribution >= 4 is 63.6 Å². The molecule has 218 valence electrons. The van der Waals surface area contributed by atoms with E-state index >= 15 is 0 Å². The van der Waals surface area contributed by atoms with Crippen molar-refractivity contribution in [2.75, 3.05) is 29.2 Å². The predicted molar refractivity (Wildman–Crippen MR) is 165 cm³/mol. The average Bonchev–Trinajstić information content (AvgIpc) is 3.43. The zero-order valence-electron chi connectivity index (χ0n) is 23.0. The number of non-ortho nitro benzene ring substituents is 1. The first-order chi connectivity index (χ1) is 20.6. The van der Waals surface area contributed by atoms with Crippen molar-refractivity contribution in [3.8, 4) is 0 Å². The molecule has 3 amide bonds. The van der Waals surface area contributed by atoms with Crippen LogP contribution in [0.15, 0.2) is 88.7 Å². The number of anilines is 3. The maximum absolute atomic E-state index is 14.0. The van der Waals surface area contributed by atoms with Gasteiger partial charge in [0.25, 0.3) is 5.69 Å². The molecule has 1 N–H and O–H groups in total. The smallest absolute Gasteiger partial charge is 0.308 e. The molecule has 4 aromatic rings. The summed E-state index contributed by atoms with van der Waals surface area (Å²) in [5.41, 5.74) is 2.37. The standard InChI is InChI=1S/C30H25N5O6S2/c1-32(2)19-10-8-17(9-11-19)23-24-25(28(38)34(27(24)37)20-12-14-21(15-13-20)35(40)41)42-29-26(23)43-30(39)33(29)16-22(36)31-18-6-4-3-5-7-18/h3-15,23-25H,16H2,1-2H3,(H,31,36)/t23-,24-,25+/m0/s1. The van der Waals surface area contributed by atoms with Gasteiger partial charge < -0.3 is 10.2 Å². The fourth-order valence-corrected chi connectivity index (χ4v) is 8.21. The lowest BCUT2D eigenvalue weighted by Gasteiger charge is -2.31. The highest BCUT2D eigenvalue weighted by Crippen LogP contribution is 2.54. The topological polar surface area (TPSA) is 135 Å². The fourth-order valence-electron chi connectivity index (χ4n) is 5.44. The fraction of sp³-hybridized carbons (Fsp3) is 0.200. The minimum Gasteiger partial charge on any atom is -0.378 e. The highest BCUT2D eigenvalue weighted by atomic mass is 32.2. The SMILES string of the molecule is CN(C)c1ccc([C@@H]2c3sc(=O)n(CC(=O)Nc4ccccc4)c3S[C@H]3C(=O)N(c4ccc([N+](=O)[O-])cc4)C(=O)[C@@H]23)cc1. The number of benzene rings is 3. The zero-order valence-corrected chi connectivity index (χ0v) is 24.6. The number of rotatable bonds is 7. The van der Waals surface area contributed by atoms with Gasteiger partial charge in [-0.2, -0.15) is 0 Å². The number of hydrogen-bond donors (Lipinski definition) is 1. The molecule has 2 aliphatic rings. The van der Waals surface area contributed by atoms with E-state index in [2.05, 4.69) is 5.32 Å². The molecule has 0 saturated carbocycles. The number of nitro benzene ring substituents is 1. The van der Waals surface area contributed by atoms with Crippen molar-refractivity contribution in [2.45, 2.75) is 22.7 Å². The van der Waals surface area contributed by atoms with Gasteiger partial charge in [-0.25, -0.2) is 4.90 Å². The number of amides is 3. The summed E-state index contributed by atoms with van der Waals surface area (Å²) in [7, 11) is 3.82. The van der Waals surface area contributed by atoms with Gasteiger partial charge in [0.2, 0.25) is 17.7 Å². The van der Waals surface area contributed by atoms with E-state index in [0.717, 1.165) is 39.2 Å². The summed E-state index contributed by atoms with van der Waals surface area (Å²) in [6.07, 6.45) is 0. The molecule has 0 bridgehead atoms. The summed E-state index contributed by atoms with van der Waals surface area (Å²) in [5, 5.41) is 13.6. The number of nitrogens with one attached hydrogen (secondary N) is 1. The Balaban J connectivity index is 1.41. The Hall–Kier alpha value is -4.75. The van der Waals surface area contributed by atoms with Crippen LogP contribution in [0.5, 0.6) is 0 Å². The number of imide groups is 1. The molecule has 6 rings (SSSR count). The average molecular weight is 616 g/mol. The predicted octanol–water partition coefficient (Wildman–Crippen LogP) is 4.32. The lowest BCUT2D eigenvalue weighted by Crippen LogP contribution is -2.33. The van der Waals surface area contributed by atoms with Crippen LogP contribution in [-0.2, 0) is 20.9 Å². The molecule has 1 saturated heterocycles. The second-order valence-electron chi connectivity index (χ2n) is 10.4. The van der Waals surface area contributed by atoms with Crippen molar-refractivity contribution in [1.82, 2.24) is 4.57 Å². The Morgan fingerprint density at radius 3 is 2.26 bits per heavy atom. The van der Waals surface area contributed by atoms with E-state index < -0.39 is 39.7 Å². The van der Waals surface area contributed by atoms with Crippen molar-refractivity contribution in [2.24, 2.45) is 5.92 Å². The molecule has 2 aliphatic heterocycles. The quantitative estimate of drug-likeness (QED) is 0.185. The van der Waals surface area contributed by atoms with Gasteiger partial charge in [0.05, 0.1) is 21.6 Å². The number of aromatic nitrogens is 1. The third-order valence-electron chi connectivity index (χ3n) is 7.50. The first-order valence-corrected chi connectivity index (χ1v) is 15.0. The first-order valence-electron chi connectivity index (χ1n) is 13.3. The van der Waals surface area contributed by atoms with E-state index in [0.29, 0.717) is 15.6 Å². The molecule has 0 aliphatic carbocycles. The molecule has 0 unspecified atom stereocenters. The molecule has 0 spiro atoms. The minimum atomic E-state index is -0.869. The third-order valence-corrected chi connectivity index (χ3v) is 10.1. The molecule has 11 nitrogen and oxygen atoms in total. The summed E-state index contributed by atoms with van der Waals surface area (Å²) in [6.45, 7) is -0.259. The summed E-state index contributed by atoms with van der Waals surface area (Å²) in [4.78, 5) is 68.1. The highest BCUT2D eigenvalue weighted by Gasteiger charge is 2.56. The van der Waals surface area contributed by atoms with Crippen molar-refractivity contribution in [1.29, 1.82) is 0 Å². The van der Waals surface area contributed by atoms with E-state index in [-0.39, 0.29) is 22.8 Å². The number of nitrogens with zero attached hydrogens (tertiary/aromatic N) is 4. The summed E-state index contributed by atoms with van der Waals surface area (Å²) >= 11 is 2.09. The van der Waals surface area contributed by atoms with Gasteiger partial charge in [-0.15, -0.1) is 0 Å². The van der Waals surface area contributed by atoms with Crippen LogP contribution in [0.3, 0.4) is 0 Å². The second kappa shape index (κ2) is 11.2. The van der Waals surface area contributed by atoms with Gasteiger partial charge in [-0.05, 0) is 42.0 Å². The lowest BCUT2D eigenvalue weighted by atomic mass is 9.83. The van der Waals surface area contributed by atoms with Crippen LogP contribution in [0.1, 0.15) is 16.4 Å². The van der Waals surface area contributed by atoms with E-state index in [1.165, 1.54) is 28.8 Å². The normalized spacial score (nSPS) is 19.1. The second-order valence-corrected chi connectivity index (χ2v) is 12.5. The number of thiazole rings is 1. The van der Waals surface area contributed by atoms with Gasteiger partial charge in [0.1, 0.15) is 11.8 Å². The number of fused-ring (bicyclic) bond motifs is 2. The number of carbonyl (C=O) groups excluding carboxylic acids is 3. The lowest BCUT2D eigenvalue weighted by molar-refractivity contribution is -0.384. The van der Waals surface area contributed by atoms with Crippen LogP contribution in [0.2, 0.25) is 0 Å². The molecule has 1 aromatic heterocycles. The minimum absolute atomic E-state index is 0.159. The zero-order chi connectivity index (χ0) is 30.4. The van der Waals surface area contributed by atoms with Crippen LogP contribution >= 0.6 is 23.1 Å². The molecule has 3 atom stereocenters. The summed E-state index contributed by atoms with van der Waals surface area (Å²) in [6, 6.07) is 21.8. The van der Waals surface area contributed by atoms with Crippen molar-refractivity contribution < 1.29 is 19.3 Å². The largest absolute Gasteiger partial charge is 0.378 e. The molecule has 43 heavy (non-hydrogen) atoms. The Morgan fingerprint density at radius 2 is 1.63 bits per heavy atom. The van der Waals surface area contributed by atoms with Crippen molar-refractivity contribution in [3.63, 3.8) is 0 Å². The van der Waals surface area contributed by atoms with Crippen LogP contribution < -0.4 is 20.0 Å². The molecule has 3 heterocycles. The number of nitro groups is 1. The number of hydrogen-bond acceptors (Lipinski definition) is 9. The van der Waals surface area contributed by atoms with Crippen LogP contribution in [-0.4, -0.2) is 46.6 Å². The molecule has 1 fully saturated rings. The summed E-state index contributed by atoms with van der Waals surface area (Å²) < 4.78 is 1.37. The molecule has 13 heteroatoms. The van der Waals surface area contributed by atoms with Crippen LogP contribution in [0.25, 0.3) is 0 Å². The Labute approximate surface area is 253 Å². The molecular weight excluding hydrogens is 590 g/mol. The van der Waals surface area contributed by atoms with E-state index in [1.54, 1.807) is 24.3 Å². The van der Waals surface area contributed by atoms with Gasteiger partial charge >= 0.3 is 4.87 Å². The van der Waals surface area contributed by atoms with Gasteiger partial charge in [-0.1, -0.05) is 53.4 Å². The van der Waals surface area contributed by atoms with Gasteiger partial charge in [0, 0.05) is 48.4 Å². The summed E-state index contributed by atoms with van der Waals surface area (Å²) in [5.74, 6) is -2.76. The number of thioether (sulfide) groups is 1. The maximum atomic E-state index is 14.0. The molecule has 3 aromatic carbocycles. The maximum Gasteiger partial charge on any atom is 0.308 e. The Morgan fingerprint density at radius 1 is 0.953 bits per heavy atom. The number of carbonyl (C=O) groups is 3. The Bertz CT molecular complexity index is 1800. The Kier molecular flexibility index (Phi) is 7.36. The van der Waals surface area contributed by atoms with Crippen molar-refractivity contribution in [3.05, 3.63) is 109 Å². The van der Waals surface area contributed by atoms with E-state index in [4.69, 9.17) is 0 Å². The monoisotopic (exact) mass is 615 g/mol. The molecular formula is C30H25N5O6S2.